The molecule has 4 nitrogen and oxygen atoms in total. The standard InChI is InChI=1S/C16H19NO3/c1-17-13-10-12(16(19)11-4-2-3-5-11)6-7-14(13)20-9-8-15(17)18/h6-7,10-11H,2-5,8-9H2,1H3. The van der Waals surface area contributed by atoms with Crippen molar-refractivity contribution in [2.24, 2.45) is 5.92 Å². The molecule has 1 heterocycles. The van der Waals surface area contributed by atoms with Crippen LogP contribution in [-0.4, -0.2) is 25.3 Å². The lowest BCUT2D eigenvalue weighted by Gasteiger charge is -2.18. The van der Waals surface area contributed by atoms with Crippen molar-refractivity contribution in [2.75, 3.05) is 18.6 Å². The van der Waals surface area contributed by atoms with Gasteiger partial charge in [-0.2, -0.15) is 0 Å². The smallest absolute Gasteiger partial charge is 0.230 e. The average Bonchev–Trinajstić information content (AvgIpc) is 2.95. The number of amides is 1. The Hall–Kier alpha value is -1.84. The van der Waals surface area contributed by atoms with E-state index in [-0.39, 0.29) is 17.6 Å². The van der Waals surface area contributed by atoms with Crippen molar-refractivity contribution in [3.8, 4) is 5.75 Å². The molecule has 0 unspecified atom stereocenters. The van der Waals surface area contributed by atoms with Crippen LogP contribution in [0.2, 0.25) is 0 Å². The normalized spacial score (nSPS) is 19.4. The van der Waals surface area contributed by atoms with Gasteiger partial charge in [-0.15, -0.1) is 0 Å². The molecule has 4 heteroatoms. The minimum absolute atomic E-state index is 0.0224. The fourth-order valence-corrected chi connectivity index (χ4v) is 3.03. The van der Waals surface area contributed by atoms with E-state index in [0.29, 0.717) is 30.0 Å². The van der Waals surface area contributed by atoms with Crippen LogP contribution in [0.25, 0.3) is 0 Å². The molecule has 20 heavy (non-hydrogen) atoms. The van der Waals surface area contributed by atoms with Gasteiger partial charge in [0.25, 0.3) is 0 Å². The van der Waals surface area contributed by atoms with Gasteiger partial charge in [0.05, 0.1) is 18.7 Å². The van der Waals surface area contributed by atoms with Gasteiger partial charge in [-0.05, 0) is 31.0 Å². The number of benzene rings is 1. The summed E-state index contributed by atoms with van der Waals surface area (Å²) < 4.78 is 5.58. The molecule has 0 aromatic heterocycles. The zero-order chi connectivity index (χ0) is 14.1. The molecule has 0 radical (unpaired) electrons. The maximum atomic E-state index is 12.5. The highest BCUT2D eigenvalue weighted by molar-refractivity contribution is 6.01. The third-order valence-corrected chi connectivity index (χ3v) is 4.28. The number of carbonyl (C=O) groups excluding carboxylic acids is 2. The second kappa shape index (κ2) is 5.27. The summed E-state index contributed by atoms with van der Waals surface area (Å²) in [6.45, 7) is 0.395. The molecular weight excluding hydrogens is 254 g/mol. The van der Waals surface area contributed by atoms with E-state index in [4.69, 9.17) is 4.74 Å². The van der Waals surface area contributed by atoms with Crippen molar-refractivity contribution >= 4 is 17.4 Å². The van der Waals surface area contributed by atoms with Crippen LogP contribution in [0.15, 0.2) is 18.2 Å². The number of Topliss-reactive ketones (excluding diaryl/α,β-unsaturated/α-hetero) is 1. The van der Waals surface area contributed by atoms with Crippen LogP contribution in [0.1, 0.15) is 42.5 Å². The molecule has 0 atom stereocenters. The predicted octanol–water partition coefficient (Wildman–Crippen LogP) is 2.80. The molecule has 1 saturated carbocycles. The molecular formula is C16H19NO3. The van der Waals surface area contributed by atoms with E-state index in [1.165, 1.54) is 0 Å². The second-order valence-electron chi connectivity index (χ2n) is 5.58. The van der Waals surface area contributed by atoms with E-state index in [1.54, 1.807) is 18.0 Å². The molecule has 1 aromatic rings. The van der Waals surface area contributed by atoms with Crippen LogP contribution in [0.4, 0.5) is 5.69 Å². The number of hydrogen-bond donors (Lipinski definition) is 0. The van der Waals surface area contributed by atoms with Gasteiger partial charge in [-0.25, -0.2) is 0 Å². The van der Waals surface area contributed by atoms with Crippen LogP contribution in [0, 0.1) is 5.92 Å². The van der Waals surface area contributed by atoms with E-state index in [0.717, 1.165) is 25.7 Å². The van der Waals surface area contributed by atoms with Crippen molar-refractivity contribution < 1.29 is 14.3 Å². The third-order valence-electron chi connectivity index (χ3n) is 4.28. The molecule has 0 bridgehead atoms. The molecule has 1 aliphatic heterocycles. The summed E-state index contributed by atoms with van der Waals surface area (Å²) in [5.74, 6) is 1.06. The van der Waals surface area contributed by atoms with Gasteiger partial charge in [0.1, 0.15) is 5.75 Å². The minimum Gasteiger partial charge on any atom is -0.491 e. The van der Waals surface area contributed by atoms with Crippen LogP contribution in [-0.2, 0) is 4.79 Å². The summed E-state index contributed by atoms with van der Waals surface area (Å²) in [6, 6.07) is 5.44. The molecule has 2 aliphatic rings. The summed E-state index contributed by atoms with van der Waals surface area (Å²) in [7, 11) is 1.74. The SMILES string of the molecule is CN1C(=O)CCOc2ccc(C(=O)C3CCCC3)cc21. The number of hydrogen-bond acceptors (Lipinski definition) is 3. The first-order valence-electron chi connectivity index (χ1n) is 7.24. The maximum Gasteiger partial charge on any atom is 0.230 e. The fourth-order valence-electron chi connectivity index (χ4n) is 3.03. The van der Waals surface area contributed by atoms with Crippen LogP contribution in [0.3, 0.4) is 0 Å². The third kappa shape index (κ3) is 2.30. The quantitative estimate of drug-likeness (QED) is 0.778. The number of carbonyl (C=O) groups is 2. The molecule has 0 spiro atoms. The Morgan fingerprint density at radius 2 is 2.05 bits per heavy atom. The Bertz CT molecular complexity index is 547. The Morgan fingerprint density at radius 1 is 1.30 bits per heavy atom. The molecule has 106 valence electrons. The lowest BCUT2D eigenvalue weighted by atomic mass is 9.96. The lowest BCUT2D eigenvalue weighted by molar-refractivity contribution is -0.118. The fraction of sp³-hybridized carbons (Fsp3) is 0.500. The summed E-state index contributed by atoms with van der Waals surface area (Å²) in [4.78, 5) is 25.9. The number of ketones is 1. The van der Waals surface area contributed by atoms with Crippen LogP contribution < -0.4 is 9.64 Å². The van der Waals surface area contributed by atoms with E-state index < -0.39 is 0 Å². The number of nitrogens with zero attached hydrogens (tertiary/aromatic N) is 1. The molecule has 0 saturated heterocycles. The largest absolute Gasteiger partial charge is 0.491 e. The minimum atomic E-state index is 0.0224. The van der Waals surface area contributed by atoms with Crippen molar-refractivity contribution in [1.29, 1.82) is 0 Å². The number of rotatable bonds is 2. The molecule has 1 aliphatic carbocycles. The van der Waals surface area contributed by atoms with E-state index >= 15 is 0 Å². The number of fused-ring (bicyclic) bond motifs is 1. The Balaban J connectivity index is 1.93. The van der Waals surface area contributed by atoms with Crippen LogP contribution >= 0.6 is 0 Å². The topological polar surface area (TPSA) is 46.6 Å². The number of ether oxygens (including phenoxy) is 1. The molecule has 1 amide bonds. The van der Waals surface area contributed by atoms with Gasteiger partial charge in [-0.3, -0.25) is 9.59 Å². The van der Waals surface area contributed by atoms with Gasteiger partial charge in [0, 0.05) is 18.5 Å². The van der Waals surface area contributed by atoms with Gasteiger partial charge in [0.15, 0.2) is 5.78 Å². The zero-order valence-corrected chi connectivity index (χ0v) is 11.7. The van der Waals surface area contributed by atoms with E-state index in [2.05, 4.69) is 0 Å². The zero-order valence-electron chi connectivity index (χ0n) is 11.7. The number of anilines is 1. The first-order chi connectivity index (χ1) is 9.66. The van der Waals surface area contributed by atoms with Gasteiger partial charge >= 0.3 is 0 Å². The van der Waals surface area contributed by atoms with Crippen molar-refractivity contribution in [1.82, 2.24) is 0 Å². The highest BCUT2D eigenvalue weighted by Crippen LogP contribution is 2.34. The second-order valence-corrected chi connectivity index (χ2v) is 5.58. The highest BCUT2D eigenvalue weighted by atomic mass is 16.5. The Morgan fingerprint density at radius 3 is 2.80 bits per heavy atom. The van der Waals surface area contributed by atoms with Gasteiger partial charge in [-0.1, -0.05) is 12.8 Å². The van der Waals surface area contributed by atoms with Gasteiger partial charge in [0.2, 0.25) is 5.91 Å². The van der Waals surface area contributed by atoms with E-state index in [1.807, 2.05) is 12.1 Å². The summed E-state index contributed by atoms with van der Waals surface area (Å²) in [5, 5.41) is 0. The average molecular weight is 273 g/mol. The van der Waals surface area contributed by atoms with E-state index in [9.17, 15) is 9.59 Å². The van der Waals surface area contributed by atoms with Crippen LogP contribution in [0.5, 0.6) is 5.75 Å². The van der Waals surface area contributed by atoms with Gasteiger partial charge < -0.3 is 9.64 Å². The highest BCUT2D eigenvalue weighted by Gasteiger charge is 2.26. The van der Waals surface area contributed by atoms with Crippen molar-refractivity contribution in [2.45, 2.75) is 32.1 Å². The van der Waals surface area contributed by atoms with Crippen molar-refractivity contribution in [3.05, 3.63) is 23.8 Å². The predicted molar refractivity (Wildman–Crippen MR) is 76.3 cm³/mol. The van der Waals surface area contributed by atoms with Crippen molar-refractivity contribution in [3.63, 3.8) is 0 Å². The summed E-state index contributed by atoms with van der Waals surface area (Å²) in [5.41, 5.74) is 1.40. The molecule has 1 aromatic carbocycles. The monoisotopic (exact) mass is 273 g/mol. The summed E-state index contributed by atoms with van der Waals surface area (Å²) in [6.07, 6.45) is 4.63. The first kappa shape index (κ1) is 13.2. The Kier molecular flexibility index (Phi) is 3.47. The molecule has 3 rings (SSSR count). The summed E-state index contributed by atoms with van der Waals surface area (Å²) >= 11 is 0. The molecule has 1 fully saturated rings. The maximum absolute atomic E-state index is 12.5. The first-order valence-corrected chi connectivity index (χ1v) is 7.24. The molecule has 0 N–H and O–H groups in total. The lowest BCUT2D eigenvalue weighted by Crippen LogP contribution is -2.25. The Labute approximate surface area is 118 Å².